The number of alkyl halides is 3. The molecule has 0 aliphatic rings. The van der Waals surface area contributed by atoms with Crippen LogP contribution in [0.25, 0.3) is 0 Å². The largest absolute Gasteiger partial charge is 0.304 e. The second-order valence-corrected chi connectivity index (χ2v) is 2.00. The minimum absolute atomic E-state index is 0.929. The third-order valence-corrected chi connectivity index (χ3v) is 1.13. The molecule has 0 saturated heterocycles. The van der Waals surface area contributed by atoms with E-state index in [-0.39, 0.29) is 0 Å². The van der Waals surface area contributed by atoms with Crippen LogP contribution in [0.4, 0.5) is 26.3 Å². The minimum atomic E-state index is -3.06. The zero-order valence-electron chi connectivity index (χ0n) is 5.84. The Morgan fingerprint density at radius 1 is 1.08 bits per heavy atom. The van der Waals surface area contributed by atoms with E-state index in [0.29, 0.717) is 0 Å². The predicted molar refractivity (Wildman–Crippen MR) is 30.7 cm³/mol. The van der Waals surface area contributed by atoms with Gasteiger partial charge in [0.25, 0.3) is 0 Å². The van der Waals surface area contributed by atoms with Crippen LogP contribution in [0.2, 0.25) is 0 Å². The molecule has 0 aromatic heterocycles. The maximum atomic E-state index is 12.2. The number of hydrogen-bond acceptors (Lipinski definition) is 0. The standard InChI is InChI=1S/C6H6F6/c7-2-1-3(8)4(9)5(10)6(11)12/h3-4H,1-2H2. The quantitative estimate of drug-likeness (QED) is 0.600. The number of rotatable bonds is 4. The van der Waals surface area contributed by atoms with Gasteiger partial charge in [0.05, 0.1) is 6.67 Å². The molecule has 0 fully saturated rings. The fraction of sp³-hybridized carbons (Fsp3) is 0.667. The summed E-state index contributed by atoms with van der Waals surface area (Å²) in [4.78, 5) is 0. The molecule has 72 valence electrons. The van der Waals surface area contributed by atoms with E-state index in [0.717, 1.165) is 0 Å². The highest BCUT2D eigenvalue weighted by Crippen LogP contribution is 2.22. The Bertz CT molecular complexity index is 161. The summed E-state index contributed by atoms with van der Waals surface area (Å²) in [6, 6.07) is 0. The molecule has 0 spiro atoms. The van der Waals surface area contributed by atoms with E-state index in [9.17, 15) is 26.3 Å². The summed E-state index contributed by atoms with van der Waals surface area (Å²) in [5.74, 6) is -2.46. The summed E-state index contributed by atoms with van der Waals surface area (Å²) >= 11 is 0. The van der Waals surface area contributed by atoms with E-state index >= 15 is 0 Å². The maximum absolute atomic E-state index is 12.2. The lowest BCUT2D eigenvalue weighted by Gasteiger charge is -2.08. The van der Waals surface area contributed by atoms with Crippen molar-refractivity contribution >= 4 is 0 Å². The number of allylic oxidation sites excluding steroid dienone is 1. The van der Waals surface area contributed by atoms with Crippen molar-refractivity contribution < 1.29 is 26.3 Å². The molecule has 0 aliphatic carbocycles. The first kappa shape index (κ1) is 11.3. The molecule has 0 nitrogen and oxygen atoms in total. The minimum Gasteiger partial charge on any atom is -0.251 e. The monoisotopic (exact) mass is 192 g/mol. The second kappa shape index (κ2) is 5.05. The molecule has 0 rings (SSSR count). The highest BCUT2D eigenvalue weighted by Gasteiger charge is 2.28. The van der Waals surface area contributed by atoms with Gasteiger partial charge in [0, 0.05) is 6.42 Å². The number of hydrogen-bond donors (Lipinski definition) is 0. The summed E-state index contributed by atoms with van der Waals surface area (Å²) in [6.45, 7) is -1.22. The molecule has 2 unspecified atom stereocenters. The van der Waals surface area contributed by atoms with Gasteiger partial charge in [0.15, 0.2) is 6.17 Å². The Labute approximate surface area is 64.9 Å². The fourth-order valence-electron chi connectivity index (χ4n) is 0.514. The number of halogens is 6. The van der Waals surface area contributed by atoms with Crippen LogP contribution in [0.1, 0.15) is 6.42 Å². The summed E-state index contributed by atoms with van der Waals surface area (Å²) in [5, 5.41) is 0. The van der Waals surface area contributed by atoms with Gasteiger partial charge < -0.3 is 0 Å². The molecule has 6 heteroatoms. The van der Waals surface area contributed by atoms with E-state index in [1.807, 2.05) is 0 Å². The Morgan fingerprint density at radius 2 is 1.58 bits per heavy atom. The molecular formula is C6H6F6. The van der Waals surface area contributed by atoms with Gasteiger partial charge in [-0.3, -0.25) is 4.39 Å². The van der Waals surface area contributed by atoms with E-state index in [1.165, 1.54) is 0 Å². The van der Waals surface area contributed by atoms with Crippen LogP contribution in [0.3, 0.4) is 0 Å². The van der Waals surface area contributed by atoms with Crippen molar-refractivity contribution in [2.75, 3.05) is 6.67 Å². The van der Waals surface area contributed by atoms with Gasteiger partial charge in [0.2, 0.25) is 5.83 Å². The first-order valence-electron chi connectivity index (χ1n) is 3.05. The molecule has 0 bridgehead atoms. The lowest BCUT2D eigenvalue weighted by atomic mass is 10.2. The van der Waals surface area contributed by atoms with Crippen LogP contribution in [0.5, 0.6) is 0 Å². The lowest BCUT2D eigenvalue weighted by Crippen LogP contribution is -2.19. The average molecular weight is 192 g/mol. The van der Waals surface area contributed by atoms with E-state index in [1.54, 1.807) is 0 Å². The van der Waals surface area contributed by atoms with Crippen molar-refractivity contribution in [3.05, 3.63) is 11.9 Å². The maximum Gasteiger partial charge on any atom is 0.304 e. The van der Waals surface area contributed by atoms with Crippen LogP contribution in [0.15, 0.2) is 11.9 Å². The third-order valence-electron chi connectivity index (χ3n) is 1.13. The second-order valence-electron chi connectivity index (χ2n) is 2.00. The van der Waals surface area contributed by atoms with Crippen LogP contribution in [-0.4, -0.2) is 19.0 Å². The van der Waals surface area contributed by atoms with Gasteiger partial charge in [-0.2, -0.15) is 8.78 Å². The molecule has 0 saturated carbocycles. The van der Waals surface area contributed by atoms with Gasteiger partial charge in [0.1, 0.15) is 6.17 Å². The first-order valence-corrected chi connectivity index (χ1v) is 3.05. The van der Waals surface area contributed by atoms with E-state index in [4.69, 9.17) is 0 Å². The molecule has 0 radical (unpaired) electrons. The zero-order valence-corrected chi connectivity index (χ0v) is 5.84. The summed E-state index contributed by atoms with van der Waals surface area (Å²) in [6.07, 6.45) is -9.46. The average Bonchev–Trinajstić information content (AvgIpc) is 2.02. The molecule has 0 N–H and O–H groups in total. The highest BCUT2D eigenvalue weighted by atomic mass is 19.3. The molecule has 0 aliphatic heterocycles. The Morgan fingerprint density at radius 3 is 1.92 bits per heavy atom. The summed E-state index contributed by atoms with van der Waals surface area (Å²) in [5.41, 5.74) is 0. The van der Waals surface area contributed by atoms with Crippen molar-refractivity contribution in [1.29, 1.82) is 0 Å². The van der Waals surface area contributed by atoms with Gasteiger partial charge in [-0.15, -0.1) is 0 Å². The first-order chi connectivity index (χ1) is 5.50. The van der Waals surface area contributed by atoms with Crippen LogP contribution >= 0.6 is 0 Å². The van der Waals surface area contributed by atoms with Crippen molar-refractivity contribution in [2.45, 2.75) is 18.8 Å². The highest BCUT2D eigenvalue weighted by molar-refractivity contribution is 5.01. The third kappa shape index (κ3) is 3.15. The normalized spacial score (nSPS) is 15.5. The van der Waals surface area contributed by atoms with E-state index in [2.05, 4.69) is 0 Å². The van der Waals surface area contributed by atoms with Crippen LogP contribution in [-0.2, 0) is 0 Å². The van der Waals surface area contributed by atoms with Crippen molar-refractivity contribution in [1.82, 2.24) is 0 Å². The van der Waals surface area contributed by atoms with Crippen LogP contribution < -0.4 is 0 Å². The SMILES string of the molecule is FCCC(F)C(F)C(F)=C(F)F. The van der Waals surface area contributed by atoms with Crippen molar-refractivity contribution in [3.63, 3.8) is 0 Å². The molecular weight excluding hydrogens is 186 g/mol. The Kier molecular flexibility index (Phi) is 4.77. The lowest BCUT2D eigenvalue weighted by molar-refractivity contribution is 0.146. The van der Waals surface area contributed by atoms with Gasteiger partial charge in [-0.1, -0.05) is 0 Å². The van der Waals surface area contributed by atoms with Gasteiger partial charge >= 0.3 is 6.08 Å². The van der Waals surface area contributed by atoms with E-state index < -0.39 is 37.3 Å². The van der Waals surface area contributed by atoms with Crippen molar-refractivity contribution in [3.8, 4) is 0 Å². The molecule has 0 aromatic carbocycles. The molecule has 0 aromatic rings. The predicted octanol–water partition coefficient (Wildman–Crippen LogP) is 3.10. The summed E-state index contributed by atoms with van der Waals surface area (Å²) < 4.78 is 70.1. The zero-order chi connectivity index (χ0) is 9.72. The van der Waals surface area contributed by atoms with Crippen molar-refractivity contribution in [2.24, 2.45) is 0 Å². The van der Waals surface area contributed by atoms with Gasteiger partial charge in [-0.05, 0) is 0 Å². The molecule has 2 atom stereocenters. The topological polar surface area (TPSA) is 0 Å². The Hall–Kier alpha value is -0.680. The summed E-state index contributed by atoms with van der Waals surface area (Å²) in [7, 11) is 0. The smallest absolute Gasteiger partial charge is 0.251 e. The Balaban J connectivity index is 4.19. The van der Waals surface area contributed by atoms with Crippen LogP contribution in [0, 0.1) is 0 Å². The van der Waals surface area contributed by atoms with Gasteiger partial charge in [-0.25, -0.2) is 13.2 Å². The molecule has 0 amide bonds. The molecule has 12 heavy (non-hydrogen) atoms. The fourth-order valence-corrected chi connectivity index (χ4v) is 0.514. The molecule has 0 heterocycles.